The molecule has 1 saturated heterocycles. The number of aromatic nitrogens is 2. The molecule has 0 saturated carbocycles. The number of carbonyl (C=O) groups is 1. The van der Waals surface area contributed by atoms with Gasteiger partial charge in [0.05, 0.1) is 17.1 Å². The molecule has 1 N–H and O–H groups in total. The van der Waals surface area contributed by atoms with Gasteiger partial charge in [0.25, 0.3) is 0 Å². The zero-order chi connectivity index (χ0) is 14.7. The van der Waals surface area contributed by atoms with Crippen LogP contribution in [0.4, 0.5) is 5.69 Å². The number of hydrogen-bond acceptors (Lipinski definition) is 3. The van der Waals surface area contributed by atoms with Crippen LogP contribution >= 0.6 is 0 Å². The fourth-order valence-electron chi connectivity index (χ4n) is 3.06. The predicted octanol–water partition coefficient (Wildman–Crippen LogP) is 2.11. The molecule has 1 amide bonds. The first-order valence-corrected chi connectivity index (χ1v) is 7.63. The fraction of sp³-hybridized carbons (Fsp3) is 0.733. The molecular formula is C15H26N4O. The molecule has 1 aliphatic rings. The van der Waals surface area contributed by atoms with Gasteiger partial charge in [-0.2, -0.15) is 5.10 Å². The number of anilines is 1. The number of nitrogens with zero attached hydrogens (tertiary/aromatic N) is 3. The number of hydrogen-bond donors (Lipinski definition) is 1. The fourth-order valence-corrected chi connectivity index (χ4v) is 3.06. The second kappa shape index (κ2) is 6.29. The Kier molecular flexibility index (Phi) is 4.68. The Morgan fingerprint density at radius 1 is 1.20 bits per heavy atom. The van der Waals surface area contributed by atoms with Crippen molar-refractivity contribution in [1.29, 1.82) is 0 Å². The van der Waals surface area contributed by atoms with Crippen molar-refractivity contribution in [3.8, 4) is 0 Å². The topological polar surface area (TPSA) is 52.2 Å². The molecular weight excluding hydrogens is 252 g/mol. The Labute approximate surface area is 121 Å². The monoisotopic (exact) mass is 278 g/mol. The lowest BCUT2D eigenvalue weighted by Gasteiger charge is -2.37. The van der Waals surface area contributed by atoms with Crippen LogP contribution in [0.5, 0.6) is 0 Å². The third kappa shape index (κ3) is 2.81. The minimum Gasteiger partial charge on any atom is -0.365 e. The molecule has 0 unspecified atom stereocenters. The van der Waals surface area contributed by atoms with Crippen molar-refractivity contribution in [3.05, 3.63) is 11.4 Å². The maximum Gasteiger partial charge on any atom is 0.225 e. The molecule has 112 valence electrons. The van der Waals surface area contributed by atoms with E-state index >= 15 is 0 Å². The van der Waals surface area contributed by atoms with Crippen molar-refractivity contribution in [2.75, 3.05) is 31.1 Å². The standard InChI is InChI=1S/C15H26N4O/c1-5-13(6-2)15(20)19-9-7-18(8-10-19)14-11(3)16-17-12(14)4/h13H,5-10H2,1-4H3,(H,16,17). The molecule has 2 rings (SSSR count). The maximum atomic E-state index is 12.4. The van der Waals surface area contributed by atoms with E-state index < -0.39 is 0 Å². The predicted molar refractivity (Wildman–Crippen MR) is 80.9 cm³/mol. The minimum absolute atomic E-state index is 0.193. The van der Waals surface area contributed by atoms with Crippen LogP contribution in [-0.4, -0.2) is 47.2 Å². The Bertz CT molecular complexity index is 437. The van der Waals surface area contributed by atoms with E-state index in [-0.39, 0.29) is 5.92 Å². The van der Waals surface area contributed by atoms with E-state index in [0.29, 0.717) is 5.91 Å². The highest BCUT2D eigenvalue weighted by Crippen LogP contribution is 2.24. The Morgan fingerprint density at radius 2 is 1.80 bits per heavy atom. The molecule has 0 radical (unpaired) electrons. The summed E-state index contributed by atoms with van der Waals surface area (Å²) in [6, 6.07) is 0. The third-order valence-corrected chi connectivity index (χ3v) is 4.33. The summed E-state index contributed by atoms with van der Waals surface area (Å²) in [5.41, 5.74) is 3.36. The first kappa shape index (κ1) is 14.9. The number of rotatable bonds is 4. The van der Waals surface area contributed by atoms with Crippen molar-refractivity contribution in [3.63, 3.8) is 0 Å². The number of aryl methyl sites for hydroxylation is 2. The number of amides is 1. The van der Waals surface area contributed by atoms with Crippen LogP contribution in [0.25, 0.3) is 0 Å². The molecule has 0 aliphatic carbocycles. The molecule has 1 aromatic heterocycles. The first-order valence-electron chi connectivity index (χ1n) is 7.63. The molecule has 0 atom stereocenters. The summed E-state index contributed by atoms with van der Waals surface area (Å²) in [4.78, 5) is 16.7. The van der Waals surface area contributed by atoms with Crippen LogP contribution in [0.1, 0.15) is 38.1 Å². The average molecular weight is 278 g/mol. The summed E-state index contributed by atoms with van der Waals surface area (Å²) in [7, 11) is 0. The van der Waals surface area contributed by atoms with Gasteiger partial charge in [0, 0.05) is 32.1 Å². The van der Waals surface area contributed by atoms with Gasteiger partial charge in [-0.25, -0.2) is 0 Å². The van der Waals surface area contributed by atoms with Crippen LogP contribution in [0.2, 0.25) is 0 Å². The summed E-state index contributed by atoms with van der Waals surface area (Å²) in [5, 5.41) is 7.29. The summed E-state index contributed by atoms with van der Waals surface area (Å²) in [6.07, 6.45) is 1.88. The second-order valence-electron chi connectivity index (χ2n) is 5.61. The van der Waals surface area contributed by atoms with Crippen molar-refractivity contribution in [1.82, 2.24) is 15.1 Å². The third-order valence-electron chi connectivity index (χ3n) is 4.33. The van der Waals surface area contributed by atoms with E-state index in [2.05, 4.69) is 35.9 Å². The highest BCUT2D eigenvalue weighted by Gasteiger charge is 2.27. The van der Waals surface area contributed by atoms with Gasteiger partial charge < -0.3 is 9.80 Å². The highest BCUT2D eigenvalue weighted by atomic mass is 16.2. The maximum absolute atomic E-state index is 12.4. The van der Waals surface area contributed by atoms with Gasteiger partial charge in [-0.05, 0) is 26.7 Å². The van der Waals surface area contributed by atoms with E-state index in [1.807, 2.05) is 11.8 Å². The lowest BCUT2D eigenvalue weighted by atomic mass is 10.0. The van der Waals surface area contributed by atoms with E-state index in [1.54, 1.807) is 0 Å². The summed E-state index contributed by atoms with van der Waals surface area (Å²) < 4.78 is 0. The van der Waals surface area contributed by atoms with E-state index in [4.69, 9.17) is 0 Å². The van der Waals surface area contributed by atoms with Crippen molar-refractivity contribution < 1.29 is 4.79 Å². The molecule has 1 fully saturated rings. The largest absolute Gasteiger partial charge is 0.365 e. The van der Waals surface area contributed by atoms with Crippen molar-refractivity contribution in [2.24, 2.45) is 5.92 Å². The van der Waals surface area contributed by atoms with E-state index in [0.717, 1.165) is 50.4 Å². The zero-order valence-electron chi connectivity index (χ0n) is 13.1. The highest BCUT2D eigenvalue weighted by molar-refractivity contribution is 5.79. The first-order chi connectivity index (χ1) is 9.58. The summed E-state index contributed by atoms with van der Waals surface area (Å²) >= 11 is 0. The SMILES string of the molecule is CCC(CC)C(=O)N1CCN(c2c(C)n[nH]c2C)CC1. The molecule has 5 heteroatoms. The molecule has 0 aromatic carbocycles. The van der Waals surface area contributed by atoms with Gasteiger partial charge in [-0.1, -0.05) is 13.8 Å². The molecule has 1 aromatic rings. The molecule has 5 nitrogen and oxygen atoms in total. The summed E-state index contributed by atoms with van der Waals surface area (Å²) in [6.45, 7) is 11.7. The second-order valence-corrected chi connectivity index (χ2v) is 5.61. The lowest BCUT2D eigenvalue weighted by Crippen LogP contribution is -2.50. The normalized spacial score (nSPS) is 16.1. The van der Waals surface area contributed by atoms with Crippen LogP contribution in [-0.2, 0) is 4.79 Å². The van der Waals surface area contributed by atoms with Gasteiger partial charge >= 0.3 is 0 Å². The van der Waals surface area contributed by atoms with Crippen LogP contribution in [0.15, 0.2) is 0 Å². The molecule has 0 bridgehead atoms. The van der Waals surface area contributed by atoms with Crippen LogP contribution in [0.3, 0.4) is 0 Å². The van der Waals surface area contributed by atoms with E-state index in [9.17, 15) is 4.79 Å². The number of H-pyrrole nitrogens is 1. The van der Waals surface area contributed by atoms with Gasteiger partial charge in [0.1, 0.15) is 0 Å². The lowest BCUT2D eigenvalue weighted by molar-refractivity contribution is -0.136. The van der Waals surface area contributed by atoms with Crippen molar-refractivity contribution in [2.45, 2.75) is 40.5 Å². The smallest absolute Gasteiger partial charge is 0.225 e. The van der Waals surface area contributed by atoms with Gasteiger partial charge in [0.15, 0.2) is 0 Å². The van der Waals surface area contributed by atoms with Gasteiger partial charge in [-0.15, -0.1) is 0 Å². The van der Waals surface area contributed by atoms with Crippen LogP contribution < -0.4 is 4.90 Å². The molecule has 2 heterocycles. The zero-order valence-corrected chi connectivity index (χ0v) is 13.1. The Balaban J connectivity index is 1.97. The quantitative estimate of drug-likeness (QED) is 0.917. The number of piperazine rings is 1. The molecule has 1 aliphatic heterocycles. The number of nitrogens with one attached hydrogen (secondary N) is 1. The Hall–Kier alpha value is -1.52. The van der Waals surface area contributed by atoms with E-state index in [1.165, 1.54) is 5.69 Å². The number of aromatic amines is 1. The molecule has 20 heavy (non-hydrogen) atoms. The minimum atomic E-state index is 0.193. The van der Waals surface area contributed by atoms with Crippen LogP contribution in [0, 0.1) is 19.8 Å². The summed E-state index contributed by atoms with van der Waals surface area (Å²) in [5.74, 6) is 0.522. The Morgan fingerprint density at radius 3 is 2.25 bits per heavy atom. The van der Waals surface area contributed by atoms with Gasteiger partial charge in [-0.3, -0.25) is 9.89 Å². The van der Waals surface area contributed by atoms with Gasteiger partial charge in [0.2, 0.25) is 5.91 Å². The average Bonchev–Trinajstić information content (AvgIpc) is 2.79. The van der Waals surface area contributed by atoms with Crippen molar-refractivity contribution >= 4 is 11.6 Å². The molecule has 0 spiro atoms. The number of carbonyl (C=O) groups excluding carboxylic acids is 1.